The fourth-order valence-corrected chi connectivity index (χ4v) is 3.78. The molecule has 10 nitrogen and oxygen atoms in total. The lowest BCUT2D eigenvalue weighted by atomic mass is 9.98. The van der Waals surface area contributed by atoms with Gasteiger partial charge in [0, 0.05) is 23.7 Å². The molecule has 1 aliphatic heterocycles. The molecule has 0 saturated carbocycles. The number of rotatable bonds is 7. The third kappa shape index (κ3) is 4.67. The Morgan fingerprint density at radius 2 is 1.79 bits per heavy atom. The van der Waals surface area contributed by atoms with E-state index in [0.717, 1.165) is 19.2 Å². The van der Waals surface area contributed by atoms with Crippen molar-refractivity contribution in [3.05, 3.63) is 40.6 Å². The summed E-state index contributed by atoms with van der Waals surface area (Å²) in [4.78, 5) is 0. The van der Waals surface area contributed by atoms with Crippen molar-refractivity contribution in [3.63, 3.8) is 0 Å². The number of aromatic nitrogens is 2. The average Bonchev–Trinajstić information content (AvgIpc) is 3.04. The summed E-state index contributed by atoms with van der Waals surface area (Å²) in [5, 5.41) is 54.7. The molecule has 1 aromatic carbocycles. The van der Waals surface area contributed by atoms with Crippen molar-refractivity contribution >= 4 is 0 Å². The van der Waals surface area contributed by atoms with Crippen molar-refractivity contribution in [1.82, 2.24) is 9.78 Å². The highest BCUT2D eigenvalue weighted by atomic mass is 19.1. The van der Waals surface area contributed by atoms with E-state index in [1.807, 2.05) is 13.8 Å². The Morgan fingerprint density at radius 1 is 1.18 bits per heavy atom. The lowest BCUT2D eigenvalue weighted by Gasteiger charge is -2.43. The fraction of sp³-hybridized carbons (Fsp3) is 0.571. The summed E-state index contributed by atoms with van der Waals surface area (Å²) in [5.74, 6) is -5.45. The van der Waals surface area contributed by atoms with Gasteiger partial charge in [0.05, 0.1) is 13.7 Å². The van der Waals surface area contributed by atoms with Crippen LogP contribution >= 0.6 is 0 Å². The second-order valence-electron chi connectivity index (χ2n) is 8.17. The average molecular weight is 474 g/mol. The smallest absolute Gasteiger partial charge is 0.356 e. The van der Waals surface area contributed by atoms with Crippen LogP contribution in [0.1, 0.15) is 36.7 Å². The Hall–Kier alpha value is -2.35. The van der Waals surface area contributed by atoms with Gasteiger partial charge in [0.1, 0.15) is 18.3 Å². The minimum absolute atomic E-state index is 0.0769. The van der Waals surface area contributed by atoms with Gasteiger partial charge in [-0.3, -0.25) is 4.68 Å². The number of aliphatic hydroxyl groups is 5. The Morgan fingerprint density at radius 3 is 2.30 bits per heavy atom. The van der Waals surface area contributed by atoms with E-state index in [4.69, 9.17) is 14.2 Å². The van der Waals surface area contributed by atoms with Crippen molar-refractivity contribution in [3.8, 4) is 11.6 Å². The maximum Gasteiger partial charge on any atom is 0.356 e. The van der Waals surface area contributed by atoms with Crippen LogP contribution in [0.15, 0.2) is 12.1 Å². The van der Waals surface area contributed by atoms with Crippen LogP contribution in [0, 0.1) is 18.6 Å². The second-order valence-corrected chi connectivity index (χ2v) is 8.17. The molecular formula is C21H28F2N2O8. The number of hydrogen-bond donors (Lipinski definition) is 5. The molecule has 1 fully saturated rings. The molecule has 2 aromatic rings. The van der Waals surface area contributed by atoms with Crippen LogP contribution in [-0.2, 0) is 11.2 Å². The van der Waals surface area contributed by atoms with Gasteiger partial charge < -0.3 is 39.7 Å². The van der Waals surface area contributed by atoms with Crippen LogP contribution in [0.3, 0.4) is 0 Å². The number of nitrogens with zero attached hydrogens (tertiary/aromatic N) is 2. The van der Waals surface area contributed by atoms with Gasteiger partial charge in [-0.15, -0.1) is 5.10 Å². The SMILES string of the molecule is COc1c(F)cc(Cc2c(O[C@@]3(O)O[C@H](CO)[C@@H](O)[C@H](O)[C@H]3O)nn(C(C)C)c2C)cc1F. The van der Waals surface area contributed by atoms with Crippen LogP contribution in [0.2, 0.25) is 0 Å². The lowest BCUT2D eigenvalue weighted by molar-refractivity contribution is -0.423. The van der Waals surface area contributed by atoms with Crippen LogP contribution in [0.25, 0.3) is 0 Å². The van der Waals surface area contributed by atoms with Crippen molar-refractivity contribution in [2.75, 3.05) is 13.7 Å². The van der Waals surface area contributed by atoms with Crippen LogP contribution in [0.5, 0.6) is 11.6 Å². The number of methoxy groups -OCH3 is 1. The van der Waals surface area contributed by atoms with Gasteiger partial charge in [-0.1, -0.05) is 0 Å². The highest BCUT2D eigenvalue weighted by molar-refractivity contribution is 5.39. The highest BCUT2D eigenvalue weighted by Crippen LogP contribution is 2.35. The Balaban J connectivity index is 2.02. The molecule has 0 unspecified atom stereocenters. The van der Waals surface area contributed by atoms with Gasteiger partial charge in [0.2, 0.25) is 5.88 Å². The number of halogens is 2. The molecule has 0 radical (unpaired) electrons. The molecule has 12 heteroatoms. The first-order valence-electron chi connectivity index (χ1n) is 10.3. The largest absolute Gasteiger partial charge is 0.491 e. The van der Waals surface area contributed by atoms with Gasteiger partial charge in [0.15, 0.2) is 23.5 Å². The maximum absolute atomic E-state index is 14.2. The Kier molecular flexibility index (Phi) is 7.27. The third-order valence-electron chi connectivity index (χ3n) is 5.54. The number of ether oxygens (including phenoxy) is 3. The molecular weight excluding hydrogens is 446 g/mol. The number of aliphatic hydroxyl groups excluding tert-OH is 4. The highest BCUT2D eigenvalue weighted by Gasteiger charge is 2.55. The molecule has 1 saturated heterocycles. The van der Waals surface area contributed by atoms with Crippen LogP contribution in [-0.4, -0.2) is 79.4 Å². The summed E-state index contributed by atoms with van der Waals surface area (Å²) < 4.78 is 45.3. The van der Waals surface area contributed by atoms with E-state index in [2.05, 4.69) is 5.10 Å². The topological polar surface area (TPSA) is 147 Å². The van der Waals surface area contributed by atoms with E-state index in [-0.39, 0.29) is 23.9 Å². The quantitative estimate of drug-likeness (QED) is 0.354. The molecule has 0 aliphatic carbocycles. The molecule has 5 atom stereocenters. The van der Waals surface area contributed by atoms with Gasteiger partial charge >= 0.3 is 5.97 Å². The minimum Gasteiger partial charge on any atom is -0.491 e. The summed E-state index contributed by atoms with van der Waals surface area (Å²) >= 11 is 0. The van der Waals surface area contributed by atoms with Gasteiger partial charge in [-0.05, 0) is 38.5 Å². The van der Waals surface area contributed by atoms with E-state index in [1.165, 1.54) is 4.68 Å². The zero-order chi connectivity index (χ0) is 24.7. The zero-order valence-corrected chi connectivity index (χ0v) is 18.6. The maximum atomic E-state index is 14.2. The van der Waals surface area contributed by atoms with Gasteiger partial charge in [0.25, 0.3) is 0 Å². The van der Waals surface area contributed by atoms with E-state index in [9.17, 15) is 34.3 Å². The molecule has 2 heterocycles. The van der Waals surface area contributed by atoms with Crippen molar-refractivity contribution < 1.29 is 48.5 Å². The molecule has 1 aliphatic rings. The van der Waals surface area contributed by atoms with Crippen molar-refractivity contribution in [2.45, 2.75) is 63.6 Å². The fourth-order valence-electron chi connectivity index (χ4n) is 3.78. The molecule has 33 heavy (non-hydrogen) atoms. The predicted octanol–water partition coefficient (Wildman–Crippen LogP) is 0.149. The van der Waals surface area contributed by atoms with E-state index >= 15 is 0 Å². The number of hydrogen-bond acceptors (Lipinski definition) is 9. The first-order chi connectivity index (χ1) is 15.4. The van der Waals surface area contributed by atoms with Crippen molar-refractivity contribution in [2.24, 2.45) is 0 Å². The van der Waals surface area contributed by atoms with E-state index in [1.54, 1.807) is 6.92 Å². The summed E-state index contributed by atoms with van der Waals surface area (Å²) in [6, 6.07) is 2.00. The van der Waals surface area contributed by atoms with Crippen LogP contribution in [0.4, 0.5) is 8.78 Å². The molecule has 5 N–H and O–H groups in total. The Labute approximate surface area is 188 Å². The van der Waals surface area contributed by atoms with Gasteiger partial charge in [-0.25, -0.2) is 8.78 Å². The second kappa shape index (κ2) is 9.49. The van der Waals surface area contributed by atoms with Gasteiger partial charge in [-0.2, -0.15) is 0 Å². The standard InChI is InChI=1S/C21H28F2N2O8/c1-9(2)25-10(3)12(5-11-6-13(22)18(31-4)14(23)7-11)20(24-25)33-21(30)19(29)17(28)16(27)15(8-26)32-21/h6-7,9,15-17,19,26-30H,5,8H2,1-4H3/t15-,16-,17+,19-,21+/m1/s1. The molecule has 184 valence electrons. The Bertz CT molecular complexity index is 976. The molecule has 0 spiro atoms. The molecule has 0 bridgehead atoms. The monoisotopic (exact) mass is 474 g/mol. The minimum atomic E-state index is -2.88. The first kappa shape index (κ1) is 25.3. The summed E-state index contributed by atoms with van der Waals surface area (Å²) in [5.41, 5.74) is 1.07. The third-order valence-corrected chi connectivity index (χ3v) is 5.54. The summed E-state index contributed by atoms with van der Waals surface area (Å²) in [6.07, 6.45) is -7.25. The van der Waals surface area contributed by atoms with E-state index < -0.39 is 54.4 Å². The summed E-state index contributed by atoms with van der Waals surface area (Å²) in [6.45, 7) is 4.54. The summed E-state index contributed by atoms with van der Waals surface area (Å²) in [7, 11) is 1.14. The normalized spacial score (nSPS) is 27.8. The van der Waals surface area contributed by atoms with Crippen molar-refractivity contribution in [1.29, 1.82) is 0 Å². The predicted molar refractivity (Wildman–Crippen MR) is 109 cm³/mol. The lowest BCUT2D eigenvalue weighted by Crippen LogP contribution is -2.67. The van der Waals surface area contributed by atoms with Crippen LogP contribution < -0.4 is 9.47 Å². The molecule has 3 rings (SSSR count). The molecule has 1 aromatic heterocycles. The molecule has 0 amide bonds. The zero-order valence-electron chi connectivity index (χ0n) is 18.6. The first-order valence-corrected chi connectivity index (χ1v) is 10.3. The number of benzene rings is 1. The van der Waals surface area contributed by atoms with E-state index in [0.29, 0.717) is 11.3 Å².